The number of nitrogens with one attached hydrogen (secondary N) is 1. The van der Waals surface area contributed by atoms with Crippen LogP contribution < -0.4 is 10.1 Å². The molecule has 3 nitrogen and oxygen atoms in total. The van der Waals surface area contributed by atoms with Crippen LogP contribution in [0.15, 0.2) is 54.6 Å². The number of rotatable bonds is 5. The van der Waals surface area contributed by atoms with Gasteiger partial charge in [0.2, 0.25) is 0 Å². The summed E-state index contributed by atoms with van der Waals surface area (Å²) in [5.74, 6) is -0.0183. The zero-order chi connectivity index (χ0) is 15.3. The monoisotopic (exact) mass is 287 g/mol. The fraction of sp³-hybridized carbons (Fsp3) is 0.235. The van der Waals surface area contributed by atoms with E-state index in [4.69, 9.17) is 4.74 Å². The van der Waals surface area contributed by atoms with Crippen LogP contribution in [-0.2, 0) is 10.3 Å². The van der Waals surface area contributed by atoms with Gasteiger partial charge in [-0.1, -0.05) is 36.4 Å². The van der Waals surface area contributed by atoms with E-state index in [2.05, 4.69) is 5.32 Å². The average Bonchev–Trinajstić information content (AvgIpc) is 2.46. The predicted molar refractivity (Wildman–Crippen MR) is 79.5 cm³/mol. The molecule has 0 aliphatic heterocycles. The van der Waals surface area contributed by atoms with Crippen molar-refractivity contribution in [2.45, 2.75) is 19.4 Å². The number of benzene rings is 2. The number of amides is 1. The van der Waals surface area contributed by atoms with Crippen LogP contribution in [0.2, 0.25) is 0 Å². The van der Waals surface area contributed by atoms with Gasteiger partial charge in [-0.25, -0.2) is 4.39 Å². The molecule has 0 fully saturated rings. The molecule has 4 heteroatoms. The maximum atomic E-state index is 13.8. The second-order valence-electron chi connectivity index (χ2n) is 5.25. The van der Waals surface area contributed by atoms with Gasteiger partial charge in [-0.3, -0.25) is 4.79 Å². The Hall–Kier alpha value is -2.36. The van der Waals surface area contributed by atoms with Gasteiger partial charge in [-0.2, -0.15) is 0 Å². The van der Waals surface area contributed by atoms with Crippen molar-refractivity contribution in [3.63, 3.8) is 0 Å². The number of hydrogen-bond acceptors (Lipinski definition) is 2. The second-order valence-corrected chi connectivity index (χ2v) is 5.25. The predicted octanol–water partition coefficient (Wildman–Crippen LogP) is 3.26. The number of para-hydroxylation sites is 1. The van der Waals surface area contributed by atoms with Crippen LogP contribution in [0.5, 0.6) is 5.75 Å². The Bertz CT molecular complexity index is 611. The number of carbonyl (C=O) groups excluding carboxylic acids is 1. The van der Waals surface area contributed by atoms with Gasteiger partial charge in [-0.05, 0) is 32.0 Å². The molecule has 0 unspecified atom stereocenters. The minimum atomic E-state index is -0.803. The Balaban J connectivity index is 1.97. The molecule has 0 radical (unpaired) electrons. The Labute approximate surface area is 123 Å². The van der Waals surface area contributed by atoms with Gasteiger partial charge in [0.15, 0.2) is 6.61 Å². The molecule has 0 aliphatic carbocycles. The molecule has 0 saturated carbocycles. The molecule has 0 heterocycles. The maximum Gasteiger partial charge on any atom is 0.258 e. The van der Waals surface area contributed by atoms with Crippen molar-refractivity contribution in [3.05, 3.63) is 66.0 Å². The SMILES string of the molecule is CC(C)(NC(=O)COc1ccccc1)c1ccccc1F. The Morgan fingerprint density at radius 1 is 1.10 bits per heavy atom. The lowest BCUT2D eigenvalue weighted by molar-refractivity contribution is -0.124. The molecule has 2 aromatic carbocycles. The van der Waals surface area contributed by atoms with Gasteiger partial charge >= 0.3 is 0 Å². The number of ether oxygens (including phenoxy) is 1. The zero-order valence-corrected chi connectivity index (χ0v) is 12.1. The minimum absolute atomic E-state index is 0.109. The standard InChI is InChI=1S/C17H18FNO2/c1-17(2,14-10-6-7-11-15(14)18)19-16(20)12-21-13-8-4-3-5-9-13/h3-11H,12H2,1-2H3,(H,19,20). The third kappa shape index (κ3) is 4.05. The van der Waals surface area contributed by atoms with E-state index in [1.807, 2.05) is 18.2 Å². The topological polar surface area (TPSA) is 38.3 Å². The maximum absolute atomic E-state index is 13.8. The Morgan fingerprint density at radius 3 is 2.38 bits per heavy atom. The second kappa shape index (κ2) is 6.39. The van der Waals surface area contributed by atoms with Crippen LogP contribution in [0.25, 0.3) is 0 Å². The van der Waals surface area contributed by atoms with E-state index in [1.165, 1.54) is 6.07 Å². The van der Waals surface area contributed by atoms with E-state index in [1.54, 1.807) is 44.2 Å². The quantitative estimate of drug-likeness (QED) is 0.916. The Morgan fingerprint density at radius 2 is 1.71 bits per heavy atom. The summed E-state index contributed by atoms with van der Waals surface area (Å²) < 4.78 is 19.2. The van der Waals surface area contributed by atoms with E-state index >= 15 is 0 Å². The van der Waals surface area contributed by atoms with Gasteiger partial charge in [0.05, 0.1) is 5.54 Å². The Kier molecular flexibility index (Phi) is 4.58. The minimum Gasteiger partial charge on any atom is -0.484 e. The van der Waals surface area contributed by atoms with Gasteiger partial charge in [0, 0.05) is 5.56 Å². The third-order valence-corrected chi connectivity index (χ3v) is 3.11. The summed E-state index contributed by atoms with van der Waals surface area (Å²) in [6.45, 7) is 3.40. The van der Waals surface area contributed by atoms with Gasteiger partial charge in [-0.15, -0.1) is 0 Å². The summed E-state index contributed by atoms with van der Waals surface area (Å²) in [6, 6.07) is 15.5. The van der Waals surface area contributed by atoms with E-state index in [9.17, 15) is 9.18 Å². The van der Waals surface area contributed by atoms with Crippen LogP contribution in [0.3, 0.4) is 0 Å². The first-order valence-electron chi connectivity index (χ1n) is 6.73. The summed E-state index contributed by atoms with van der Waals surface area (Å²) in [7, 11) is 0. The van der Waals surface area contributed by atoms with Gasteiger partial charge in [0.1, 0.15) is 11.6 Å². The van der Waals surface area contributed by atoms with Crippen LogP contribution in [-0.4, -0.2) is 12.5 Å². The highest BCUT2D eigenvalue weighted by atomic mass is 19.1. The summed E-state index contributed by atoms with van der Waals surface area (Å²) in [6.07, 6.45) is 0. The van der Waals surface area contributed by atoms with Crippen molar-refractivity contribution in [2.24, 2.45) is 0 Å². The van der Waals surface area contributed by atoms with E-state index in [0.717, 1.165) is 0 Å². The normalized spacial score (nSPS) is 11.0. The average molecular weight is 287 g/mol. The molecule has 0 spiro atoms. The highest BCUT2D eigenvalue weighted by Gasteiger charge is 2.25. The van der Waals surface area contributed by atoms with Crippen LogP contribution in [0.1, 0.15) is 19.4 Å². The first-order chi connectivity index (χ1) is 9.99. The largest absolute Gasteiger partial charge is 0.484 e. The van der Waals surface area contributed by atoms with Crippen molar-refractivity contribution >= 4 is 5.91 Å². The fourth-order valence-corrected chi connectivity index (χ4v) is 2.09. The highest BCUT2D eigenvalue weighted by Crippen LogP contribution is 2.22. The van der Waals surface area contributed by atoms with Gasteiger partial charge < -0.3 is 10.1 Å². The lowest BCUT2D eigenvalue weighted by Gasteiger charge is -2.27. The third-order valence-electron chi connectivity index (χ3n) is 3.11. The number of carbonyl (C=O) groups is 1. The molecule has 0 bridgehead atoms. The fourth-order valence-electron chi connectivity index (χ4n) is 2.09. The molecule has 1 N–H and O–H groups in total. The van der Waals surface area contributed by atoms with Crippen LogP contribution in [0.4, 0.5) is 4.39 Å². The van der Waals surface area contributed by atoms with Crippen molar-refractivity contribution in [2.75, 3.05) is 6.61 Å². The van der Waals surface area contributed by atoms with Crippen molar-refractivity contribution in [3.8, 4) is 5.75 Å². The van der Waals surface area contributed by atoms with E-state index < -0.39 is 5.54 Å². The zero-order valence-electron chi connectivity index (χ0n) is 12.1. The van der Waals surface area contributed by atoms with Crippen molar-refractivity contribution < 1.29 is 13.9 Å². The molecule has 0 atom stereocenters. The lowest BCUT2D eigenvalue weighted by atomic mass is 9.94. The molecule has 0 aromatic heterocycles. The van der Waals surface area contributed by atoms with Crippen molar-refractivity contribution in [1.82, 2.24) is 5.32 Å². The molecule has 2 aromatic rings. The lowest BCUT2D eigenvalue weighted by Crippen LogP contribution is -2.43. The molecule has 21 heavy (non-hydrogen) atoms. The molecular formula is C17H18FNO2. The van der Waals surface area contributed by atoms with E-state index in [0.29, 0.717) is 11.3 Å². The highest BCUT2D eigenvalue weighted by molar-refractivity contribution is 5.78. The first-order valence-corrected chi connectivity index (χ1v) is 6.73. The van der Waals surface area contributed by atoms with Crippen LogP contribution in [0, 0.1) is 5.82 Å². The first kappa shape index (κ1) is 15.0. The summed E-state index contributed by atoms with van der Waals surface area (Å²) in [5, 5.41) is 2.78. The van der Waals surface area contributed by atoms with E-state index in [-0.39, 0.29) is 18.3 Å². The van der Waals surface area contributed by atoms with Gasteiger partial charge in [0.25, 0.3) is 5.91 Å². The molecule has 110 valence electrons. The molecule has 0 aliphatic rings. The molecule has 1 amide bonds. The summed E-state index contributed by atoms with van der Waals surface area (Å²) in [4.78, 5) is 12.0. The number of hydrogen-bond donors (Lipinski definition) is 1. The smallest absolute Gasteiger partial charge is 0.258 e. The van der Waals surface area contributed by atoms with Crippen LogP contribution >= 0.6 is 0 Å². The molecule has 0 saturated heterocycles. The summed E-state index contributed by atoms with van der Waals surface area (Å²) >= 11 is 0. The van der Waals surface area contributed by atoms with Crippen molar-refractivity contribution in [1.29, 1.82) is 0 Å². The molecule has 2 rings (SSSR count). The summed E-state index contributed by atoms with van der Waals surface area (Å²) in [5.41, 5.74) is -0.360. The number of halogens is 1. The molecular weight excluding hydrogens is 269 g/mol.